The summed E-state index contributed by atoms with van der Waals surface area (Å²) < 4.78 is 46.0. The number of alkyl halides is 3. The van der Waals surface area contributed by atoms with Gasteiger partial charge in [-0.05, 0) is 31.6 Å². The smallest absolute Gasteiger partial charge is 0.337 e. The van der Waals surface area contributed by atoms with Gasteiger partial charge in [0.25, 0.3) is 0 Å². The molecule has 6 nitrogen and oxygen atoms in total. The van der Waals surface area contributed by atoms with Crippen LogP contribution in [0.3, 0.4) is 0 Å². The molecule has 0 amide bonds. The van der Waals surface area contributed by atoms with E-state index in [1.807, 2.05) is 13.8 Å². The van der Waals surface area contributed by atoms with Gasteiger partial charge < -0.3 is 10.3 Å². The van der Waals surface area contributed by atoms with Crippen LogP contribution in [0.4, 0.5) is 13.2 Å². The van der Waals surface area contributed by atoms with Crippen molar-refractivity contribution < 1.29 is 17.7 Å². The molecule has 0 saturated heterocycles. The molecule has 0 fully saturated rings. The molecule has 9 heteroatoms. The zero-order valence-corrected chi connectivity index (χ0v) is 13.6. The molecule has 1 aliphatic rings. The van der Waals surface area contributed by atoms with Gasteiger partial charge in [0.1, 0.15) is 6.54 Å². The lowest BCUT2D eigenvalue weighted by Gasteiger charge is -2.14. The Hall–Kier alpha value is -1.90. The van der Waals surface area contributed by atoms with E-state index in [1.54, 1.807) is 0 Å². The first-order valence-corrected chi connectivity index (χ1v) is 8.01. The van der Waals surface area contributed by atoms with Gasteiger partial charge in [-0.3, -0.25) is 4.68 Å². The van der Waals surface area contributed by atoms with Crippen LogP contribution in [-0.4, -0.2) is 19.9 Å². The first kappa shape index (κ1) is 16.9. The first-order chi connectivity index (χ1) is 11.3. The van der Waals surface area contributed by atoms with Crippen LogP contribution in [0.5, 0.6) is 0 Å². The number of aromatic nitrogens is 4. The molecule has 24 heavy (non-hydrogen) atoms. The molecule has 3 rings (SSSR count). The highest BCUT2D eigenvalue weighted by atomic mass is 19.4. The van der Waals surface area contributed by atoms with Crippen molar-refractivity contribution in [2.45, 2.75) is 58.3 Å². The summed E-state index contributed by atoms with van der Waals surface area (Å²) in [7, 11) is 0. The number of fused-ring (bicyclic) bond motifs is 1. The Morgan fingerprint density at radius 1 is 1.25 bits per heavy atom. The van der Waals surface area contributed by atoms with Crippen molar-refractivity contribution in [2.24, 2.45) is 11.7 Å². The zero-order chi connectivity index (χ0) is 17.5. The normalized spacial score (nSPS) is 16.5. The van der Waals surface area contributed by atoms with Crippen molar-refractivity contribution in [3.8, 4) is 0 Å². The van der Waals surface area contributed by atoms with Crippen LogP contribution in [0, 0.1) is 5.92 Å². The molecule has 2 N–H and O–H groups in total. The van der Waals surface area contributed by atoms with Crippen LogP contribution in [-0.2, 0) is 25.6 Å². The van der Waals surface area contributed by atoms with E-state index in [9.17, 15) is 13.2 Å². The molecule has 132 valence electrons. The summed E-state index contributed by atoms with van der Waals surface area (Å²) >= 11 is 0. The molecular weight excluding hydrogens is 323 g/mol. The van der Waals surface area contributed by atoms with Gasteiger partial charge in [0.15, 0.2) is 11.5 Å². The highest BCUT2D eigenvalue weighted by molar-refractivity contribution is 5.31. The molecule has 0 aromatic carbocycles. The van der Waals surface area contributed by atoms with Crippen LogP contribution in [0.25, 0.3) is 0 Å². The van der Waals surface area contributed by atoms with Gasteiger partial charge in [-0.2, -0.15) is 23.3 Å². The SMILES string of the molecule is CC(C)C(N)c1noc(Cn2nc(C(F)(F)F)c3c2CCCC3)n1. The van der Waals surface area contributed by atoms with Crippen LogP contribution in [0.1, 0.15) is 61.4 Å². The maximum atomic E-state index is 13.2. The summed E-state index contributed by atoms with van der Waals surface area (Å²) in [4.78, 5) is 4.20. The summed E-state index contributed by atoms with van der Waals surface area (Å²) in [5.74, 6) is 0.701. The van der Waals surface area contributed by atoms with Crippen LogP contribution >= 0.6 is 0 Å². The predicted molar refractivity (Wildman–Crippen MR) is 79.0 cm³/mol. The van der Waals surface area contributed by atoms with E-state index in [-0.39, 0.29) is 24.4 Å². The minimum atomic E-state index is -4.45. The Morgan fingerprint density at radius 2 is 1.96 bits per heavy atom. The fourth-order valence-electron chi connectivity index (χ4n) is 2.92. The fraction of sp³-hybridized carbons (Fsp3) is 0.667. The average molecular weight is 343 g/mol. The molecule has 0 bridgehead atoms. The minimum Gasteiger partial charge on any atom is -0.337 e. The third-order valence-electron chi connectivity index (χ3n) is 4.31. The van der Waals surface area contributed by atoms with Crippen molar-refractivity contribution >= 4 is 0 Å². The highest BCUT2D eigenvalue weighted by Crippen LogP contribution is 2.36. The summed E-state index contributed by atoms with van der Waals surface area (Å²) in [6, 6.07) is -0.375. The second kappa shape index (κ2) is 6.19. The van der Waals surface area contributed by atoms with Gasteiger partial charge in [0.05, 0.1) is 6.04 Å². The lowest BCUT2D eigenvalue weighted by molar-refractivity contribution is -0.142. The number of hydrogen-bond donors (Lipinski definition) is 1. The van der Waals surface area contributed by atoms with Crippen molar-refractivity contribution in [3.63, 3.8) is 0 Å². The first-order valence-electron chi connectivity index (χ1n) is 8.01. The molecule has 1 unspecified atom stereocenters. The summed E-state index contributed by atoms with van der Waals surface area (Å²) in [5, 5.41) is 7.61. The van der Waals surface area contributed by atoms with Crippen LogP contribution in [0.15, 0.2) is 4.52 Å². The van der Waals surface area contributed by atoms with E-state index >= 15 is 0 Å². The number of rotatable bonds is 4. The second-order valence-electron chi connectivity index (χ2n) is 6.45. The van der Waals surface area contributed by atoms with E-state index in [0.29, 0.717) is 29.9 Å². The lowest BCUT2D eigenvalue weighted by atomic mass is 9.95. The molecule has 0 spiro atoms. The Labute approximate surface area is 137 Å². The van der Waals surface area contributed by atoms with Crippen LogP contribution in [0.2, 0.25) is 0 Å². The van der Waals surface area contributed by atoms with Crippen LogP contribution < -0.4 is 5.73 Å². The van der Waals surface area contributed by atoms with Crippen molar-refractivity contribution in [3.05, 3.63) is 28.7 Å². The van der Waals surface area contributed by atoms with Gasteiger partial charge in [0.2, 0.25) is 5.89 Å². The monoisotopic (exact) mass is 343 g/mol. The second-order valence-corrected chi connectivity index (χ2v) is 6.45. The van der Waals surface area contributed by atoms with Crippen molar-refractivity contribution in [1.29, 1.82) is 0 Å². The largest absolute Gasteiger partial charge is 0.435 e. The van der Waals surface area contributed by atoms with Gasteiger partial charge in [-0.25, -0.2) is 0 Å². The number of nitrogens with two attached hydrogens (primary N) is 1. The van der Waals surface area contributed by atoms with Crippen molar-refractivity contribution in [1.82, 2.24) is 19.9 Å². The van der Waals surface area contributed by atoms with E-state index in [1.165, 1.54) is 4.68 Å². The lowest BCUT2D eigenvalue weighted by Crippen LogP contribution is -2.18. The number of halogens is 3. The maximum absolute atomic E-state index is 13.2. The number of hydrogen-bond acceptors (Lipinski definition) is 5. The maximum Gasteiger partial charge on any atom is 0.435 e. The molecule has 0 aliphatic heterocycles. The molecule has 1 atom stereocenters. The summed E-state index contributed by atoms with van der Waals surface area (Å²) in [5.41, 5.74) is 6.08. The fourth-order valence-corrected chi connectivity index (χ4v) is 2.92. The average Bonchev–Trinajstić information content (AvgIpc) is 3.12. The molecule has 0 radical (unpaired) electrons. The molecule has 2 heterocycles. The quantitative estimate of drug-likeness (QED) is 0.923. The van der Waals surface area contributed by atoms with E-state index in [4.69, 9.17) is 10.3 Å². The zero-order valence-electron chi connectivity index (χ0n) is 13.6. The molecule has 1 aliphatic carbocycles. The van der Waals surface area contributed by atoms with E-state index in [2.05, 4.69) is 15.2 Å². The topological polar surface area (TPSA) is 82.8 Å². The Balaban J connectivity index is 1.89. The summed E-state index contributed by atoms with van der Waals surface area (Å²) in [6.07, 6.45) is -1.88. The highest BCUT2D eigenvalue weighted by Gasteiger charge is 2.39. The Kier molecular flexibility index (Phi) is 4.37. The minimum absolute atomic E-state index is 0.0240. The van der Waals surface area contributed by atoms with Gasteiger partial charge in [-0.1, -0.05) is 19.0 Å². The van der Waals surface area contributed by atoms with Crippen molar-refractivity contribution in [2.75, 3.05) is 0 Å². The molecule has 0 saturated carbocycles. The Morgan fingerprint density at radius 3 is 2.62 bits per heavy atom. The van der Waals surface area contributed by atoms with Gasteiger partial charge >= 0.3 is 6.18 Å². The molecule has 2 aromatic rings. The van der Waals surface area contributed by atoms with E-state index in [0.717, 1.165) is 12.8 Å². The predicted octanol–water partition coefficient (Wildman–Crippen LogP) is 2.87. The molecule has 2 aromatic heterocycles. The standard InChI is InChI=1S/C15H20F3N5O/c1-8(2)12(19)14-20-11(24-22-14)7-23-10-6-4-3-5-9(10)13(21-23)15(16,17)18/h8,12H,3-7,19H2,1-2H3. The van der Waals surface area contributed by atoms with Gasteiger partial charge in [-0.15, -0.1) is 0 Å². The van der Waals surface area contributed by atoms with E-state index < -0.39 is 11.9 Å². The Bertz CT molecular complexity index is 719. The summed E-state index contributed by atoms with van der Waals surface area (Å²) in [6.45, 7) is 3.89. The van der Waals surface area contributed by atoms with Gasteiger partial charge in [0, 0.05) is 11.3 Å². The third-order valence-corrected chi connectivity index (χ3v) is 4.31. The molecular formula is C15H20F3N5O. The number of nitrogens with zero attached hydrogens (tertiary/aromatic N) is 4. The third kappa shape index (κ3) is 3.17.